The number of anilines is 1. The summed E-state index contributed by atoms with van der Waals surface area (Å²) in [7, 11) is -3.86. The van der Waals surface area contributed by atoms with Crippen LogP contribution in [-0.2, 0) is 20.4 Å². The molecule has 0 saturated carbocycles. The van der Waals surface area contributed by atoms with Crippen LogP contribution in [0.4, 0.5) is 5.82 Å². The van der Waals surface area contributed by atoms with Crippen molar-refractivity contribution in [3.63, 3.8) is 0 Å². The minimum Gasteiger partial charge on any atom is -0.464 e. The Balaban J connectivity index is 1.48. The molecule has 3 aromatic rings. The summed E-state index contributed by atoms with van der Waals surface area (Å²) in [5, 5.41) is 10.9. The minimum absolute atomic E-state index is 0.213. The van der Waals surface area contributed by atoms with Crippen LogP contribution < -0.4 is 4.90 Å². The highest BCUT2D eigenvalue weighted by molar-refractivity contribution is 7.89. The number of hydrogen-bond donors (Lipinski definition) is 1. The van der Waals surface area contributed by atoms with E-state index >= 15 is 0 Å². The second kappa shape index (κ2) is 10.5. The highest BCUT2D eigenvalue weighted by Crippen LogP contribution is 2.33. The summed E-state index contributed by atoms with van der Waals surface area (Å²) in [6, 6.07) is 9.00. The Morgan fingerprint density at radius 3 is 2.54 bits per heavy atom. The molecule has 1 amide bonds. The van der Waals surface area contributed by atoms with Gasteiger partial charge in [-0.05, 0) is 36.8 Å². The van der Waals surface area contributed by atoms with Gasteiger partial charge in [-0.1, -0.05) is 13.3 Å². The Bertz CT molecular complexity index is 1200. The van der Waals surface area contributed by atoms with Gasteiger partial charge in [0.05, 0.1) is 17.7 Å². The first-order valence-corrected chi connectivity index (χ1v) is 12.9. The molecule has 35 heavy (non-hydrogen) atoms. The number of furan rings is 1. The number of amides is 1. The molecule has 1 aliphatic heterocycles. The van der Waals surface area contributed by atoms with Gasteiger partial charge >= 0.3 is 0 Å². The molecule has 1 atom stereocenters. The summed E-state index contributed by atoms with van der Waals surface area (Å²) in [5.41, 5.74) is -0.383. The molecule has 4 heterocycles. The zero-order valence-corrected chi connectivity index (χ0v) is 20.2. The third kappa shape index (κ3) is 5.19. The van der Waals surface area contributed by atoms with Gasteiger partial charge in [0.15, 0.2) is 0 Å². The molecular weight excluding hydrogens is 472 g/mol. The van der Waals surface area contributed by atoms with Gasteiger partial charge in [0, 0.05) is 44.1 Å². The summed E-state index contributed by atoms with van der Waals surface area (Å²) < 4.78 is 33.7. The fourth-order valence-electron chi connectivity index (χ4n) is 4.40. The summed E-state index contributed by atoms with van der Waals surface area (Å²) in [6.07, 6.45) is 7.03. The molecule has 1 unspecified atom stereocenters. The van der Waals surface area contributed by atoms with E-state index in [4.69, 9.17) is 4.42 Å². The molecule has 0 aliphatic carbocycles. The van der Waals surface area contributed by atoms with Crippen molar-refractivity contribution in [3.05, 3.63) is 61.0 Å². The van der Waals surface area contributed by atoms with Crippen molar-refractivity contribution in [1.29, 1.82) is 0 Å². The fourth-order valence-corrected chi connectivity index (χ4v) is 6.33. The molecule has 186 valence electrons. The van der Waals surface area contributed by atoms with Crippen molar-refractivity contribution in [3.8, 4) is 11.3 Å². The number of piperazine rings is 1. The van der Waals surface area contributed by atoms with Crippen molar-refractivity contribution >= 4 is 22.3 Å². The smallest absolute Gasteiger partial charge is 0.234 e. The lowest BCUT2D eigenvalue weighted by atomic mass is 9.91. The predicted molar refractivity (Wildman–Crippen MR) is 128 cm³/mol. The van der Waals surface area contributed by atoms with Crippen LogP contribution in [0.1, 0.15) is 25.5 Å². The first-order valence-electron chi connectivity index (χ1n) is 11.3. The Hall–Kier alpha value is -3.35. The molecule has 1 N–H and O–H groups in total. The number of carbonyl (C=O) groups is 1. The van der Waals surface area contributed by atoms with Crippen LogP contribution in [0.2, 0.25) is 0 Å². The molecule has 1 fully saturated rings. The van der Waals surface area contributed by atoms with Crippen LogP contribution >= 0.6 is 0 Å². The predicted octanol–water partition coefficient (Wildman–Crippen LogP) is 2.13. The maximum absolute atomic E-state index is 13.5. The molecule has 0 radical (unpaired) electrons. The van der Waals surface area contributed by atoms with Crippen molar-refractivity contribution in [2.24, 2.45) is 0 Å². The molecular formula is C23H28N6O5S. The lowest BCUT2D eigenvalue weighted by molar-refractivity contribution is -0.180. The van der Waals surface area contributed by atoms with E-state index in [1.807, 2.05) is 36.1 Å². The quantitative estimate of drug-likeness (QED) is 0.252. The van der Waals surface area contributed by atoms with Gasteiger partial charge < -0.3 is 9.32 Å². The van der Waals surface area contributed by atoms with Crippen LogP contribution in [0.25, 0.3) is 11.3 Å². The topological polar surface area (TPSA) is 133 Å². The summed E-state index contributed by atoms with van der Waals surface area (Å²) in [5.74, 6) is 0.990. The van der Waals surface area contributed by atoms with Crippen LogP contribution in [0.3, 0.4) is 0 Å². The molecule has 3 aromatic heterocycles. The fraction of sp³-hybridized carbons (Fsp3) is 0.391. The Kier molecular flexibility index (Phi) is 7.43. The number of carbonyl (C=O) groups excluding carboxylic acids is 1. The Labute approximate surface area is 204 Å². The standard InChI is InChI=1S/C23H28N6O5S/c1-2-8-23(29(31)18-30,21-7-9-24-17-26-21)16-35(32,33)28-12-10-27(11-13-28)22-6-5-19(15-25-22)20-4-3-14-34-20/h3-7,9,14-15,17-18,31H,2,8,10-13,16H2,1H3. The maximum atomic E-state index is 13.5. The molecule has 4 rings (SSSR count). The van der Waals surface area contributed by atoms with Crippen molar-refractivity contribution in [2.45, 2.75) is 25.3 Å². The van der Waals surface area contributed by atoms with Gasteiger partial charge in [0.25, 0.3) is 0 Å². The van der Waals surface area contributed by atoms with Crippen molar-refractivity contribution in [1.82, 2.24) is 24.3 Å². The van der Waals surface area contributed by atoms with Gasteiger partial charge in [-0.15, -0.1) is 0 Å². The average molecular weight is 501 g/mol. The number of sulfonamides is 1. The first-order chi connectivity index (χ1) is 16.9. The summed E-state index contributed by atoms with van der Waals surface area (Å²) in [4.78, 5) is 26.1. The summed E-state index contributed by atoms with van der Waals surface area (Å²) in [6.45, 7) is 3.27. The van der Waals surface area contributed by atoms with Gasteiger partial charge in [0.1, 0.15) is 23.4 Å². The zero-order chi connectivity index (χ0) is 24.9. The van der Waals surface area contributed by atoms with E-state index in [1.165, 1.54) is 22.9 Å². The molecule has 11 nitrogen and oxygen atoms in total. The highest BCUT2D eigenvalue weighted by Gasteiger charge is 2.45. The first kappa shape index (κ1) is 24.8. The second-order valence-corrected chi connectivity index (χ2v) is 10.3. The minimum atomic E-state index is -3.86. The van der Waals surface area contributed by atoms with Gasteiger partial charge in [-0.2, -0.15) is 4.31 Å². The average Bonchev–Trinajstić information content (AvgIpc) is 3.44. The largest absolute Gasteiger partial charge is 0.464 e. The van der Waals surface area contributed by atoms with Crippen LogP contribution in [0.15, 0.2) is 59.7 Å². The third-order valence-corrected chi connectivity index (χ3v) is 8.19. The highest BCUT2D eigenvalue weighted by atomic mass is 32.2. The van der Waals surface area contributed by atoms with Gasteiger partial charge in [-0.3, -0.25) is 10.0 Å². The van der Waals surface area contributed by atoms with E-state index in [9.17, 15) is 18.4 Å². The van der Waals surface area contributed by atoms with Crippen molar-refractivity contribution < 1.29 is 22.8 Å². The lowest BCUT2D eigenvalue weighted by Gasteiger charge is -2.40. The van der Waals surface area contributed by atoms with E-state index in [0.717, 1.165) is 17.1 Å². The Morgan fingerprint density at radius 2 is 1.97 bits per heavy atom. The molecule has 12 heteroatoms. The van der Waals surface area contributed by atoms with E-state index in [1.54, 1.807) is 12.5 Å². The number of aromatic nitrogens is 3. The van der Waals surface area contributed by atoms with Gasteiger partial charge in [0.2, 0.25) is 16.4 Å². The normalized spacial score (nSPS) is 16.6. The van der Waals surface area contributed by atoms with Crippen LogP contribution in [0, 0.1) is 0 Å². The molecule has 0 bridgehead atoms. The van der Waals surface area contributed by atoms with E-state index in [0.29, 0.717) is 24.6 Å². The molecule has 1 aliphatic rings. The summed E-state index contributed by atoms with van der Waals surface area (Å²) >= 11 is 0. The number of rotatable bonds is 10. The van der Waals surface area contributed by atoms with Gasteiger partial charge in [-0.25, -0.2) is 28.4 Å². The molecule has 0 spiro atoms. The molecule has 1 saturated heterocycles. The van der Waals surface area contributed by atoms with E-state index in [2.05, 4.69) is 15.0 Å². The SMILES string of the molecule is CCCC(CS(=O)(=O)N1CCN(c2ccc(-c3ccco3)cn2)CC1)(c1ccncn1)N(O)C=O. The van der Waals surface area contributed by atoms with Crippen LogP contribution in [-0.4, -0.2) is 76.3 Å². The number of hydrogen-bond acceptors (Lipinski definition) is 9. The number of nitrogens with zero attached hydrogens (tertiary/aromatic N) is 6. The van der Waals surface area contributed by atoms with E-state index in [-0.39, 0.29) is 31.6 Å². The monoisotopic (exact) mass is 500 g/mol. The second-order valence-electron chi connectivity index (χ2n) is 8.35. The van der Waals surface area contributed by atoms with E-state index < -0.39 is 21.3 Å². The number of pyridine rings is 1. The number of hydroxylamine groups is 2. The lowest BCUT2D eigenvalue weighted by Crippen LogP contribution is -2.55. The van der Waals surface area contributed by atoms with Crippen molar-refractivity contribution in [2.75, 3.05) is 36.8 Å². The maximum Gasteiger partial charge on any atom is 0.234 e. The Morgan fingerprint density at radius 1 is 1.17 bits per heavy atom. The molecule has 0 aromatic carbocycles. The third-order valence-electron chi connectivity index (χ3n) is 6.19. The zero-order valence-electron chi connectivity index (χ0n) is 19.4. The van der Waals surface area contributed by atoms with Crippen LogP contribution in [0.5, 0.6) is 0 Å².